The third-order valence-electron chi connectivity index (χ3n) is 3.45. The van der Waals surface area contributed by atoms with Gasteiger partial charge in [0.2, 0.25) is 5.91 Å². The zero-order chi connectivity index (χ0) is 13.3. The average molecular weight is 251 g/mol. The molecule has 100 valence electrons. The van der Waals surface area contributed by atoms with Gasteiger partial charge in [-0.1, -0.05) is 0 Å². The first kappa shape index (κ1) is 13.0. The zero-order valence-corrected chi connectivity index (χ0v) is 11.2. The van der Waals surface area contributed by atoms with Crippen molar-refractivity contribution < 1.29 is 4.79 Å². The maximum absolute atomic E-state index is 12.0. The van der Waals surface area contributed by atoms with Gasteiger partial charge in [-0.05, 0) is 20.3 Å². The zero-order valence-electron chi connectivity index (χ0n) is 11.2. The molecule has 1 fully saturated rings. The van der Waals surface area contributed by atoms with Crippen LogP contribution in [0.1, 0.15) is 17.8 Å². The highest BCUT2D eigenvalue weighted by Gasteiger charge is 2.21. The highest BCUT2D eigenvalue weighted by molar-refractivity contribution is 5.93. The number of carbonyl (C=O) groups excluding carboxylic acids is 1. The standard InChI is InChI=1S/C12H21N5O/c1-8-12(9(2)16(3)15-8)14-11(18)7-17-5-4-10(13)6-17/h10H,4-7,13H2,1-3H3,(H,14,18). The Balaban J connectivity index is 1.95. The Morgan fingerprint density at radius 1 is 1.56 bits per heavy atom. The second-order valence-electron chi connectivity index (χ2n) is 5.00. The summed E-state index contributed by atoms with van der Waals surface area (Å²) < 4.78 is 1.77. The molecular formula is C12H21N5O. The largest absolute Gasteiger partial charge is 0.326 e. The molecule has 0 spiro atoms. The van der Waals surface area contributed by atoms with Crippen molar-refractivity contribution >= 4 is 11.6 Å². The number of nitrogens with zero attached hydrogens (tertiary/aromatic N) is 3. The summed E-state index contributed by atoms with van der Waals surface area (Å²) in [5.74, 6) is 0.00306. The minimum atomic E-state index is 0.00306. The Morgan fingerprint density at radius 2 is 2.28 bits per heavy atom. The molecular weight excluding hydrogens is 230 g/mol. The molecule has 18 heavy (non-hydrogen) atoms. The molecule has 6 heteroatoms. The third kappa shape index (κ3) is 2.70. The van der Waals surface area contributed by atoms with Crippen molar-refractivity contribution in [3.63, 3.8) is 0 Å². The van der Waals surface area contributed by atoms with Crippen LogP contribution in [-0.4, -0.2) is 46.3 Å². The highest BCUT2D eigenvalue weighted by Crippen LogP contribution is 2.18. The molecule has 2 rings (SSSR count). The van der Waals surface area contributed by atoms with Gasteiger partial charge in [0.15, 0.2) is 0 Å². The van der Waals surface area contributed by atoms with Crippen LogP contribution in [-0.2, 0) is 11.8 Å². The molecule has 1 saturated heterocycles. The van der Waals surface area contributed by atoms with E-state index in [9.17, 15) is 4.79 Å². The molecule has 1 aliphatic heterocycles. The summed E-state index contributed by atoms with van der Waals surface area (Å²) in [7, 11) is 1.87. The number of carbonyl (C=O) groups is 1. The number of likely N-dealkylation sites (tertiary alicyclic amines) is 1. The lowest BCUT2D eigenvalue weighted by molar-refractivity contribution is -0.117. The molecule has 1 aromatic rings. The number of aryl methyl sites for hydroxylation is 2. The van der Waals surface area contributed by atoms with Gasteiger partial charge in [0.1, 0.15) is 0 Å². The molecule has 0 saturated carbocycles. The number of hydrogen-bond acceptors (Lipinski definition) is 4. The Morgan fingerprint density at radius 3 is 2.78 bits per heavy atom. The van der Waals surface area contributed by atoms with Crippen LogP contribution >= 0.6 is 0 Å². The summed E-state index contributed by atoms with van der Waals surface area (Å²) in [5.41, 5.74) is 8.46. The number of amides is 1. The minimum Gasteiger partial charge on any atom is -0.326 e. The fraction of sp³-hybridized carbons (Fsp3) is 0.667. The van der Waals surface area contributed by atoms with Crippen LogP contribution in [0.15, 0.2) is 0 Å². The van der Waals surface area contributed by atoms with Gasteiger partial charge in [-0.25, -0.2) is 0 Å². The maximum Gasteiger partial charge on any atom is 0.238 e. The fourth-order valence-corrected chi connectivity index (χ4v) is 2.34. The maximum atomic E-state index is 12.0. The van der Waals surface area contributed by atoms with E-state index in [1.165, 1.54) is 0 Å². The summed E-state index contributed by atoms with van der Waals surface area (Å²) >= 11 is 0. The molecule has 1 aliphatic rings. The van der Waals surface area contributed by atoms with Gasteiger partial charge in [-0.2, -0.15) is 5.10 Å². The average Bonchev–Trinajstić information content (AvgIpc) is 2.78. The highest BCUT2D eigenvalue weighted by atomic mass is 16.2. The van der Waals surface area contributed by atoms with Crippen LogP contribution in [0.25, 0.3) is 0 Å². The van der Waals surface area contributed by atoms with Crippen LogP contribution in [0.3, 0.4) is 0 Å². The van der Waals surface area contributed by atoms with Crippen LogP contribution in [0, 0.1) is 13.8 Å². The number of rotatable bonds is 3. The van der Waals surface area contributed by atoms with Gasteiger partial charge in [0, 0.05) is 26.2 Å². The Bertz CT molecular complexity index is 454. The number of nitrogens with two attached hydrogens (primary N) is 1. The van der Waals surface area contributed by atoms with Gasteiger partial charge < -0.3 is 11.1 Å². The Kier molecular flexibility index (Phi) is 3.68. The second-order valence-corrected chi connectivity index (χ2v) is 5.00. The van der Waals surface area contributed by atoms with E-state index in [0.29, 0.717) is 6.54 Å². The van der Waals surface area contributed by atoms with Gasteiger partial charge >= 0.3 is 0 Å². The molecule has 6 nitrogen and oxygen atoms in total. The van der Waals surface area contributed by atoms with Crippen molar-refractivity contribution in [2.45, 2.75) is 26.3 Å². The first-order valence-corrected chi connectivity index (χ1v) is 6.25. The molecule has 1 unspecified atom stereocenters. The summed E-state index contributed by atoms with van der Waals surface area (Å²) in [4.78, 5) is 14.0. The predicted octanol–water partition coefficient (Wildman–Crippen LogP) is 0.00844. The molecule has 0 radical (unpaired) electrons. The Labute approximate surface area is 107 Å². The summed E-state index contributed by atoms with van der Waals surface area (Å²) in [6.07, 6.45) is 0.970. The van der Waals surface area contributed by atoms with Gasteiger partial charge in [-0.3, -0.25) is 14.4 Å². The quantitative estimate of drug-likeness (QED) is 0.793. The van der Waals surface area contributed by atoms with E-state index in [2.05, 4.69) is 15.3 Å². The molecule has 0 aliphatic carbocycles. The van der Waals surface area contributed by atoms with Crippen molar-refractivity contribution in [2.24, 2.45) is 12.8 Å². The molecule has 1 amide bonds. The van der Waals surface area contributed by atoms with E-state index in [4.69, 9.17) is 5.73 Å². The van der Waals surface area contributed by atoms with Crippen molar-refractivity contribution in [3.8, 4) is 0 Å². The number of anilines is 1. The molecule has 0 aromatic carbocycles. The summed E-state index contributed by atoms with van der Waals surface area (Å²) in [5, 5.41) is 7.21. The fourth-order valence-electron chi connectivity index (χ4n) is 2.34. The number of aromatic nitrogens is 2. The lowest BCUT2D eigenvalue weighted by Crippen LogP contribution is -2.33. The van der Waals surface area contributed by atoms with Crippen molar-refractivity contribution in [3.05, 3.63) is 11.4 Å². The van der Waals surface area contributed by atoms with E-state index >= 15 is 0 Å². The molecule has 0 bridgehead atoms. The third-order valence-corrected chi connectivity index (χ3v) is 3.45. The SMILES string of the molecule is Cc1nn(C)c(C)c1NC(=O)CN1CCC(N)C1. The predicted molar refractivity (Wildman–Crippen MR) is 70.3 cm³/mol. The van der Waals surface area contributed by atoms with E-state index < -0.39 is 0 Å². The summed E-state index contributed by atoms with van der Waals surface area (Å²) in [6.45, 7) is 5.95. The van der Waals surface area contributed by atoms with Crippen LogP contribution in [0.5, 0.6) is 0 Å². The number of hydrogen-bond donors (Lipinski definition) is 2. The summed E-state index contributed by atoms with van der Waals surface area (Å²) in [6, 6.07) is 0.208. The monoisotopic (exact) mass is 251 g/mol. The topological polar surface area (TPSA) is 76.2 Å². The lowest BCUT2D eigenvalue weighted by Gasteiger charge is -2.14. The van der Waals surface area contributed by atoms with E-state index in [0.717, 1.165) is 36.6 Å². The van der Waals surface area contributed by atoms with Gasteiger partial charge in [0.05, 0.1) is 23.6 Å². The van der Waals surface area contributed by atoms with E-state index in [-0.39, 0.29) is 11.9 Å². The van der Waals surface area contributed by atoms with Crippen molar-refractivity contribution in [2.75, 3.05) is 25.0 Å². The minimum absolute atomic E-state index is 0.00306. The van der Waals surface area contributed by atoms with E-state index in [1.807, 2.05) is 20.9 Å². The molecule has 1 aromatic heterocycles. The first-order valence-electron chi connectivity index (χ1n) is 6.25. The number of nitrogens with one attached hydrogen (secondary N) is 1. The van der Waals surface area contributed by atoms with Crippen molar-refractivity contribution in [1.29, 1.82) is 0 Å². The van der Waals surface area contributed by atoms with Crippen LogP contribution < -0.4 is 11.1 Å². The lowest BCUT2D eigenvalue weighted by atomic mass is 10.3. The molecule has 2 heterocycles. The normalized spacial score (nSPS) is 20.3. The van der Waals surface area contributed by atoms with Crippen LogP contribution in [0.2, 0.25) is 0 Å². The Hall–Kier alpha value is -1.40. The first-order chi connectivity index (χ1) is 8.47. The molecule has 1 atom stereocenters. The second kappa shape index (κ2) is 5.07. The van der Waals surface area contributed by atoms with E-state index in [1.54, 1.807) is 4.68 Å². The van der Waals surface area contributed by atoms with Gasteiger partial charge in [0.25, 0.3) is 0 Å². The van der Waals surface area contributed by atoms with Crippen molar-refractivity contribution in [1.82, 2.24) is 14.7 Å². The smallest absolute Gasteiger partial charge is 0.238 e. The van der Waals surface area contributed by atoms with Crippen LogP contribution in [0.4, 0.5) is 5.69 Å². The molecule has 3 N–H and O–H groups in total. The van der Waals surface area contributed by atoms with Gasteiger partial charge in [-0.15, -0.1) is 0 Å².